The molecule has 0 bridgehead atoms. The molecule has 0 saturated carbocycles. The van der Waals surface area contributed by atoms with Gasteiger partial charge in [0.2, 0.25) is 0 Å². The van der Waals surface area contributed by atoms with Gasteiger partial charge in [0.15, 0.2) is 5.57 Å². The van der Waals surface area contributed by atoms with Crippen LogP contribution in [0.4, 0.5) is 5.69 Å². The maximum Gasteiger partial charge on any atom is 0.351 e. The maximum atomic E-state index is 12.6. The number of phenols is 1. The number of hydrogen-bond donors (Lipinski definition) is 2. The Labute approximate surface area is 175 Å². The highest BCUT2D eigenvalue weighted by molar-refractivity contribution is 9.11. The zero-order valence-electron chi connectivity index (χ0n) is 14.4. The number of nitriles is 1. The molecule has 0 spiro atoms. The van der Waals surface area contributed by atoms with Crippen LogP contribution >= 0.6 is 43.2 Å². The van der Waals surface area contributed by atoms with Gasteiger partial charge in [-0.05, 0) is 57.8 Å². The summed E-state index contributed by atoms with van der Waals surface area (Å²) in [7, 11) is 0. The van der Waals surface area contributed by atoms with Gasteiger partial charge in [-0.15, -0.1) is 11.3 Å². The Kier molecular flexibility index (Phi) is 7.24. The van der Waals surface area contributed by atoms with Crippen molar-refractivity contribution >= 4 is 66.6 Å². The molecule has 0 saturated heterocycles. The Hall–Kier alpha value is -2.09. The first kappa shape index (κ1) is 21.2. The number of carbonyl (C=O) groups is 1. The molecule has 0 aliphatic carbocycles. The summed E-state index contributed by atoms with van der Waals surface area (Å²) >= 11 is 7.50. The largest absolute Gasteiger partial charge is 0.506 e. The number of rotatable bonds is 5. The fraction of sp³-hybridized carbons (Fsp3) is 0.235. The number of nitrogens with one attached hydrogen (secondary N) is 1. The number of esters is 1. The van der Waals surface area contributed by atoms with Crippen LogP contribution in [0.1, 0.15) is 13.8 Å². The minimum atomic E-state index is -0.755. The third-order valence-electron chi connectivity index (χ3n) is 3.42. The first-order valence-electron chi connectivity index (χ1n) is 7.79. The lowest BCUT2D eigenvalue weighted by Gasteiger charge is -2.05. The smallest absolute Gasteiger partial charge is 0.351 e. The average molecular weight is 517 g/mol. The molecule has 10 heteroatoms. The minimum absolute atomic E-state index is 0.0648. The van der Waals surface area contributed by atoms with Gasteiger partial charge in [-0.1, -0.05) is 0 Å². The zero-order chi connectivity index (χ0) is 20.1. The monoisotopic (exact) mass is 515 g/mol. The Morgan fingerprint density at radius 2 is 2.04 bits per heavy atom. The first-order valence-corrected chi connectivity index (χ1v) is 10.2. The summed E-state index contributed by atoms with van der Waals surface area (Å²) in [5.74, 6) is -0.690. The molecule has 1 aromatic carbocycles. The number of anilines is 1. The molecule has 0 unspecified atom stereocenters. The molecule has 2 rings (SSSR count). The summed E-state index contributed by atoms with van der Waals surface area (Å²) in [6.45, 7) is 3.84. The summed E-state index contributed by atoms with van der Waals surface area (Å²) in [5, 5.41) is 22.1. The van der Waals surface area contributed by atoms with Crippen molar-refractivity contribution in [2.24, 2.45) is 0 Å². The third kappa shape index (κ3) is 4.61. The molecule has 0 amide bonds. The van der Waals surface area contributed by atoms with Crippen molar-refractivity contribution in [3.63, 3.8) is 0 Å². The van der Waals surface area contributed by atoms with Crippen molar-refractivity contribution in [2.75, 3.05) is 11.9 Å². The predicted molar refractivity (Wildman–Crippen MR) is 111 cm³/mol. The summed E-state index contributed by atoms with van der Waals surface area (Å²) in [4.78, 5) is 24.6. The number of carbonyl (C=O) groups excluding carboxylic acids is 1. The Balaban J connectivity index is 2.59. The van der Waals surface area contributed by atoms with Crippen molar-refractivity contribution in [3.8, 4) is 11.8 Å². The molecule has 142 valence electrons. The van der Waals surface area contributed by atoms with E-state index in [1.807, 2.05) is 6.07 Å². The molecule has 0 aliphatic heterocycles. The molecule has 0 fully saturated rings. The summed E-state index contributed by atoms with van der Waals surface area (Å²) < 4.78 is 7.79. The van der Waals surface area contributed by atoms with E-state index in [0.29, 0.717) is 25.7 Å². The molecule has 2 aromatic rings. The molecule has 1 aromatic heterocycles. The van der Waals surface area contributed by atoms with Crippen LogP contribution in [-0.4, -0.2) is 22.2 Å². The van der Waals surface area contributed by atoms with Crippen LogP contribution in [0, 0.1) is 11.3 Å². The topological polar surface area (TPSA) is 104 Å². The highest BCUT2D eigenvalue weighted by Gasteiger charge is 2.16. The lowest BCUT2D eigenvalue weighted by atomic mass is 10.3. The lowest BCUT2D eigenvalue weighted by Crippen LogP contribution is -2.32. The van der Waals surface area contributed by atoms with Crippen LogP contribution in [0.2, 0.25) is 0 Å². The normalized spacial score (nSPS) is 12.5. The summed E-state index contributed by atoms with van der Waals surface area (Å²) in [6, 6.07) is 5.13. The van der Waals surface area contributed by atoms with E-state index in [-0.39, 0.29) is 28.2 Å². The fourth-order valence-electron chi connectivity index (χ4n) is 2.17. The molecule has 27 heavy (non-hydrogen) atoms. The van der Waals surface area contributed by atoms with Gasteiger partial charge >= 0.3 is 5.97 Å². The van der Waals surface area contributed by atoms with E-state index in [1.165, 1.54) is 10.8 Å². The molecule has 7 nitrogen and oxygen atoms in total. The molecule has 0 atom stereocenters. The first-order chi connectivity index (χ1) is 12.8. The number of ether oxygens (including phenoxy) is 1. The summed E-state index contributed by atoms with van der Waals surface area (Å²) in [6.07, 6.45) is 1.49. The van der Waals surface area contributed by atoms with Gasteiger partial charge < -0.3 is 15.2 Å². The molecular weight excluding hydrogens is 502 g/mol. The number of aromatic hydroxyl groups is 1. The van der Waals surface area contributed by atoms with E-state index in [9.17, 15) is 20.0 Å². The SMILES string of the molecule is CCOC(=O)/C(C#N)=c1\s/c(=C/Nc2cc(Br)c(O)c(Br)c2)c(=O)n1CC. The molecule has 0 radical (unpaired) electrons. The quantitative estimate of drug-likeness (QED) is 0.466. The second kappa shape index (κ2) is 9.21. The third-order valence-corrected chi connectivity index (χ3v) is 5.76. The van der Waals surface area contributed by atoms with E-state index in [1.54, 1.807) is 26.0 Å². The molecule has 0 aliphatic rings. The van der Waals surface area contributed by atoms with Crippen LogP contribution in [0.5, 0.6) is 5.75 Å². The number of halogens is 2. The Morgan fingerprint density at radius 1 is 1.41 bits per heavy atom. The van der Waals surface area contributed by atoms with E-state index < -0.39 is 5.97 Å². The number of thiazole rings is 1. The lowest BCUT2D eigenvalue weighted by molar-refractivity contribution is -0.136. The highest BCUT2D eigenvalue weighted by atomic mass is 79.9. The van der Waals surface area contributed by atoms with E-state index in [2.05, 4.69) is 37.2 Å². The van der Waals surface area contributed by atoms with Crippen molar-refractivity contribution in [1.29, 1.82) is 5.26 Å². The van der Waals surface area contributed by atoms with Crippen LogP contribution in [-0.2, 0) is 16.1 Å². The predicted octanol–water partition coefficient (Wildman–Crippen LogP) is 2.25. The second-order valence-electron chi connectivity index (χ2n) is 5.11. The number of nitrogens with zero attached hydrogens (tertiary/aromatic N) is 2. The van der Waals surface area contributed by atoms with Gasteiger partial charge in [0.1, 0.15) is 21.0 Å². The van der Waals surface area contributed by atoms with Gasteiger partial charge in [0.05, 0.1) is 15.6 Å². The number of hydrogen-bond acceptors (Lipinski definition) is 7. The standard InChI is InChI=1S/C17H15Br2N3O4S/c1-3-22-15(24)13(27-16(22)10(7-20)17(25)26-4-2)8-21-9-5-11(18)14(23)12(19)6-9/h5-6,8,21,23H,3-4H2,1-2H3/b13-8+,16-10-. The van der Waals surface area contributed by atoms with Gasteiger partial charge in [0, 0.05) is 18.4 Å². The van der Waals surface area contributed by atoms with Gasteiger partial charge in [-0.25, -0.2) is 4.79 Å². The van der Waals surface area contributed by atoms with Crippen molar-refractivity contribution in [2.45, 2.75) is 20.4 Å². The second-order valence-corrected chi connectivity index (χ2v) is 7.84. The highest BCUT2D eigenvalue weighted by Crippen LogP contribution is 2.35. The molecule has 1 heterocycles. The average Bonchev–Trinajstić information content (AvgIpc) is 2.94. The van der Waals surface area contributed by atoms with Crippen LogP contribution in [0.3, 0.4) is 0 Å². The van der Waals surface area contributed by atoms with Crippen LogP contribution < -0.4 is 20.1 Å². The Bertz CT molecular complexity index is 1080. The fourth-order valence-corrected chi connectivity index (χ4v) is 4.44. The maximum absolute atomic E-state index is 12.6. The zero-order valence-corrected chi connectivity index (χ0v) is 18.4. The van der Waals surface area contributed by atoms with Crippen molar-refractivity contribution in [1.82, 2.24) is 4.57 Å². The van der Waals surface area contributed by atoms with Gasteiger partial charge in [0.25, 0.3) is 5.56 Å². The van der Waals surface area contributed by atoms with Crippen molar-refractivity contribution < 1.29 is 14.6 Å². The van der Waals surface area contributed by atoms with Crippen LogP contribution in [0.25, 0.3) is 11.8 Å². The van der Waals surface area contributed by atoms with Crippen molar-refractivity contribution in [3.05, 3.63) is 40.6 Å². The number of benzene rings is 1. The van der Waals surface area contributed by atoms with Crippen LogP contribution in [0.15, 0.2) is 25.9 Å². The van der Waals surface area contributed by atoms with E-state index in [0.717, 1.165) is 11.3 Å². The van der Waals surface area contributed by atoms with E-state index in [4.69, 9.17) is 4.74 Å². The van der Waals surface area contributed by atoms with E-state index >= 15 is 0 Å². The van der Waals surface area contributed by atoms with Gasteiger partial charge in [-0.2, -0.15) is 5.26 Å². The minimum Gasteiger partial charge on any atom is -0.506 e. The molecular formula is C17H15Br2N3O4S. The summed E-state index contributed by atoms with van der Waals surface area (Å²) in [5.41, 5.74) is 0.105. The van der Waals surface area contributed by atoms with Gasteiger partial charge in [-0.3, -0.25) is 9.36 Å². The molecule has 2 N–H and O–H groups in total. The number of phenolic OH excluding ortho intramolecular Hbond substituents is 1. The number of aromatic nitrogens is 1. The Morgan fingerprint density at radius 3 is 2.56 bits per heavy atom.